The van der Waals surface area contributed by atoms with Gasteiger partial charge < -0.3 is 9.64 Å². The molecule has 0 saturated carbocycles. The first-order valence-electron chi connectivity index (χ1n) is 7.39. The molecule has 0 aromatic heterocycles. The average molecular weight is 390 g/mol. The van der Waals surface area contributed by atoms with Crippen LogP contribution in [0.25, 0.3) is 0 Å². The number of benzene rings is 1. The van der Waals surface area contributed by atoms with E-state index in [0.717, 1.165) is 29.1 Å². The molecule has 1 heterocycles. The molecule has 0 atom stereocenters. The molecule has 2 rings (SSSR count). The molecule has 0 aliphatic carbocycles. The number of halogens is 2. The van der Waals surface area contributed by atoms with Crippen LogP contribution in [-0.2, 0) is 11.3 Å². The molecule has 1 aromatic rings. The van der Waals surface area contributed by atoms with Gasteiger partial charge in [0.25, 0.3) is 0 Å². The van der Waals surface area contributed by atoms with Crippen LogP contribution < -0.4 is 0 Å². The summed E-state index contributed by atoms with van der Waals surface area (Å²) in [6, 6.07) is 5.98. The number of carbonyl (C=O) groups is 1. The molecule has 22 heavy (non-hydrogen) atoms. The van der Waals surface area contributed by atoms with Crippen molar-refractivity contribution in [2.45, 2.75) is 32.9 Å². The van der Waals surface area contributed by atoms with E-state index in [9.17, 15) is 4.79 Å². The number of nitrogens with zero attached hydrogens (tertiary/aromatic N) is 2. The molecular weight excluding hydrogens is 368 g/mol. The largest absolute Gasteiger partial charge is 0.444 e. The zero-order valence-corrected chi connectivity index (χ0v) is 15.6. The van der Waals surface area contributed by atoms with E-state index in [4.69, 9.17) is 16.3 Å². The molecule has 0 bridgehead atoms. The Kier molecular flexibility index (Phi) is 5.75. The molecule has 1 saturated heterocycles. The van der Waals surface area contributed by atoms with Gasteiger partial charge in [-0.3, -0.25) is 4.90 Å². The van der Waals surface area contributed by atoms with Crippen LogP contribution in [0.1, 0.15) is 26.3 Å². The van der Waals surface area contributed by atoms with Crippen LogP contribution in [0.4, 0.5) is 4.79 Å². The Hall–Kier alpha value is -0.780. The van der Waals surface area contributed by atoms with E-state index in [1.807, 2.05) is 39.0 Å². The van der Waals surface area contributed by atoms with Crippen LogP contribution >= 0.6 is 27.5 Å². The quantitative estimate of drug-likeness (QED) is 0.761. The zero-order chi connectivity index (χ0) is 16.3. The minimum atomic E-state index is -0.441. The number of hydrogen-bond acceptors (Lipinski definition) is 3. The van der Waals surface area contributed by atoms with Crippen molar-refractivity contribution in [2.24, 2.45) is 0 Å². The first-order chi connectivity index (χ1) is 10.2. The van der Waals surface area contributed by atoms with Gasteiger partial charge in [0.05, 0.1) is 5.02 Å². The summed E-state index contributed by atoms with van der Waals surface area (Å²) in [4.78, 5) is 16.1. The molecule has 0 N–H and O–H groups in total. The zero-order valence-electron chi connectivity index (χ0n) is 13.2. The van der Waals surface area contributed by atoms with Gasteiger partial charge in [0, 0.05) is 37.2 Å². The van der Waals surface area contributed by atoms with Crippen LogP contribution in [0.3, 0.4) is 0 Å². The number of rotatable bonds is 2. The lowest BCUT2D eigenvalue weighted by molar-refractivity contribution is 0.0139. The van der Waals surface area contributed by atoms with Crippen LogP contribution in [-0.4, -0.2) is 47.7 Å². The lowest BCUT2D eigenvalue weighted by atomic mass is 10.2. The number of piperazine rings is 1. The van der Waals surface area contributed by atoms with Crippen molar-refractivity contribution < 1.29 is 9.53 Å². The Balaban J connectivity index is 1.84. The maximum atomic E-state index is 12.0. The molecule has 1 amide bonds. The third-order valence-corrected chi connectivity index (χ3v) is 4.63. The number of amides is 1. The van der Waals surface area contributed by atoms with Gasteiger partial charge in [-0.25, -0.2) is 4.79 Å². The van der Waals surface area contributed by atoms with E-state index in [1.54, 1.807) is 4.90 Å². The predicted octanol–water partition coefficient (Wildman–Crippen LogP) is 4.16. The molecule has 1 aliphatic rings. The van der Waals surface area contributed by atoms with Gasteiger partial charge in [0.15, 0.2) is 0 Å². The molecule has 0 unspecified atom stereocenters. The van der Waals surface area contributed by atoms with Crippen molar-refractivity contribution in [3.63, 3.8) is 0 Å². The van der Waals surface area contributed by atoms with Gasteiger partial charge in [-0.1, -0.05) is 17.7 Å². The van der Waals surface area contributed by atoms with Gasteiger partial charge in [-0.15, -0.1) is 0 Å². The monoisotopic (exact) mass is 388 g/mol. The smallest absolute Gasteiger partial charge is 0.410 e. The summed E-state index contributed by atoms with van der Waals surface area (Å²) < 4.78 is 6.32. The van der Waals surface area contributed by atoms with Crippen molar-refractivity contribution in [3.05, 3.63) is 33.3 Å². The van der Waals surface area contributed by atoms with Crippen LogP contribution in [0.2, 0.25) is 5.02 Å². The lowest BCUT2D eigenvalue weighted by Crippen LogP contribution is -2.49. The normalized spacial score (nSPS) is 16.7. The second-order valence-electron chi connectivity index (χ2n) is 6.49. The standard InChI is InChI=1S/C16H22BrClN2O2/c1-16(2,3)22-15(21)20-8-6-19(7-9-20)11-12-4-5-14(18)13(17)10-12/h4-5,10H,6-9,11H2,1-3H3. The van der Waals surface area contributed by atoms with Crippen molar-refractivity contribution in [3.8, 4) is 0 Å². The number of hydrogen-bond donors (Lipinski definition) is 0. The summed E-state index contributed by atoms with van der Waals surface area (Å²) in [5, 5.41) is 0.721. The maximum Gasteiger partial charge on any atom is 0.410 e. The fraction of sp³-hybridized carbons (Fsp3) is 0.562. The Bertz CT molecular complexity index is 537. The second-order valence-corrected chi connectivity index (χ2v) is 7.75. The van der Waals surface area contributed by atoms with Gasteiger partial charge in [-0.05, 0) is 54.4 Å². The number of ether oxygens (including phenoxy) is 1. The maximum absolute atomic E-state index is 12.0. The molecule has 4 nitrogen and oxygen atoms in total. The minimum Gasteiger partial charge on any atom is -0.444 e. The van der Waals surface area contributed by atoms with Gasteiger partial charge in [-0.2, -0.15) is 0 Å². The van der Waals surface area contributed by atoms with Crippen LogP contribution in [0, 0.1) is 0 Å². The molecule has 6 heteroatoms. The summed E-state index contributed by atoms with van der Waals surface area (Å²) in [5.41, 5.74) is 0.770. The Labute approximate surface area is 145 Å². The first-order valence-corrected chi connectivity index (χ1v) is 8.56. The van der Waals surface area contributed by atoms with Gasteiger partial charge in [0.1, 0.15) is 5.60 Å². The third-order valence-electron chi connectivity index (χ3n) is 3.41. The molecule has 0 radical (unpaired) electrons. The van der Waals surface area contributed by atoms with Crippen molar-refractivity contribution in [2.75, 3.05) is 26.2 Å². The molecule has 1 aromatic carbocycles. The molecule has 0 spiro atoms. The van der Waals surface area contributed by atoms with Crippen molar-refractivity contribution >= 4 is 33.6 Å². The van der Waals surface area contributed by atoms with Crippen LogP contribution in [0.15, 0.2) is 22.7 Å². The van der Waals surface area contributed by atoms with E-state index in [-0.39, 0.29) is 6.09 Å². The molecule has 1 fully saturated rings. The van der Waals surface area contributed by atoms with Crippen LogP contribution in [0.5, 0.6) is 0 Å². The highest BCUT2D eigenvalue weighted by Crippen LogP contribution is 2.24. The summed E-state index contributed by atoms with van der Waals surface area (Å²) >= 11 is 9.46. The second kappa shape index (κ2) is 7.20. The average Bonchev–Trinajstić information content (AvgIpc) is 2.42. The Morgan fingerprint density at radius 2 is 1.91 bits per heavy atom. The predicted molar refractivity (Wildman–Crippen MR) is 92.2 cm³/mol. The first kappa shape index (κ1) is 17.6. The summed E-state index contributed by atoms with van der Waals surface area (Å²) in [5.74, 6) is 0. The highest BCUT2D eigenvalue weighted by atomic mass is 79.9. The molecule has 1 aliphatic heterocycles. The van der Waals surface area contributed by atoms with E-state index < -0.39 is 5.60 Å². The summed E-state index contributed by atoms with van der Waals surface area (Å²) in [7, 11) is 0. The fourth-order valence-electron chi connectivity index (χ4n) is 2.31. The highest BCUT2D eigenvalue weighted by Gasteiger charge is 2.25. The topological polar surface area (TPSA) is 32.8 Å². The van der Waals surface area contributed by atoms with Crippen molar-refractivity contribution in [1.29, 1.82) is 0 Å². The summed E-state index contributed by atoms with van der Waals surface area (Å²) in [6.45, 7) is 9.61. The van der Waals surface area contributed by atoms with E-state index in [2.05, 4.69) is 20.8 Å². The molecular formula is C16H22BrClN2O2. The van der Waals surface area contributed by atoms with Gasteiger partial charge >= 0.3 is 6.09 Å². The highest BCUT2D eigenvalue weighted by molar-refractivity contribution is 9.10. The Morgan fingerprint density at radius 3 is 2.45 bits per heavy atom. The van der Waals surface area contributed by atoms with E-state index in [1.165, 1.54) is 5.56 Å². The third kappa shape index (κ3) is 5.14. The van der Waals surface area contributed by atoms with E-state index >= 15 is 0 Å². The van der Waals surface area contributed by atoms with Crippen molar-refractivity contribution in [1.82, 2.24) is 9.80 Å². The SMILES string of the molecule is CC(C)(C)OC(=O)N1CCN(Cc2ccc(Cl)c(Br)c2)CC1. The van der Waals surface area contributed by atoms with Gasteiger partial charge in [0.2, 0.25) is 0 Å². The lowest BCUT2D eigenvalue weighted by Gasteiger charge is -2.35. The fourth-order valence-corrected chi connectivity index (χ4v) is 2.85. The minimum absolute atomic E-state index is 0.221. The van der Waals surface area contributed by atoms with E-state index in [0.29, 0.717) is 13.1 Å². The summed E-state index contributed by atoms with van der Waals surface area (Å²) in [6.07, 6.45) is -0.221. The molecule has 122 valence electrons. The Morgan fingerprint density at radius 1 is 1.27 bits per heavy atom. The number of carbonyl (C=O) groups excluding carboxylic acids is 1.